The molecule has 0 spiro atoms. The zero-order valence-corrected chi connectivity index (χ0v) is 7.75. The topological polar surface area (TPSA) is 0 Å². The van der Waals surface area contributed by atoms with Crippen molar-refractivity contribution in [2.75, 3.05) is 0 Å². The van der Waals surface area contributed by atoms with Crippen LogP contribution in [0.1, 0.15) is 26.7 Å². The SMILES string of the molecule is C=C.C=C(Cl)CCC(C)C. The van der Waals surface area contributed by atoms with Crippen molar-refractivity contribution in [3.05, 3.63) is 24.8 Å². The third-order valence-corrected chi connectivity index (χ3v) is 1.18. The minimum atomic E-state index is 0.741. The van der Waals surface area contributed by atoms with E-state index >= 15 is 0 Å². The van der Waals surface area contributed by atoms with Gasteiger partial charge in [-0.3, -0.25) is 0 Å². The first-order valence-corrected chi connectivity index (χ1v) is 3.84. The lowest BCUT2D eigenvalue weighted by atomic mass is 10.1. The van der Waals surface area contributed by atoms with Crippen molar-refractivity contribution in [2.45, 2.75) is 26.7 Å². The molecule has 0 heterocycles. The third-order valence-electron chi connectivity index (χ3n) is 0.993. The summed E-state index contributed by atoms with van der Waals surface area (Å²) in [5, 5.41) is 0.777. The fourth-order valence-corrected chi connectivity index (χ4v) is 0.554. The Balaban J connectivity index is 0. The molecule has 0 radical (unpaired) electrons. The van der Waals surface area contributed by atoms with Crippen LogP contribution in [0.4, 0.5) is 0 Å². The highest BCUT2D eigenvalue weighted by Gasteiger charge is 1.93. The Kier molecular flexibility index (Phi) is 10.9. The van der Waals surface area contributed by atoms with E-state index in [0.29, 0.717) is 0 Å². The molecule has 60 valence electrons. The second kappa shape index (κ2) is 8.77. The minimum absolute atomic E-state index is 0.741. The second-order valence-electron chi connectivity index (χ2n) is 2.45. The molecule has 0 fully saturated rings. The first kappa shape index (κ1) is 12.4. The summed E-state index contributed by atoms with van der Waals surface area (Å²) in [5.41, 5.74) is 0. The predicted octanol–water partition coefficient (Wildman–Crippen LogP) is 3.98. The molecule has 0 aromatic heterocycles. The monoisotopic (exact) mass is 160 g/mol. The van der Waals surface area contributed by atoms with E-state index in [1.807, 2.05) is 0 Å². The quantitative estimate of drug-likeness (QED) is 0.548. The standard InChI is InChI=1S/C7H13Cl.C2H4/c1-6(2)4-5-7(3)8;1-2/h6H,3-5H2,1-2H3;1-2H2. The molecule has 0 rings (SSSR count). The molecule has 0 amide bonds. The maximum Gasteiger partial charge on any atom is 0.0109 e. The maximum absolute atomic E-state index is 5.53. The van der Waals surface area contributed by atoms with E-state index in [9.17, 15) is 0 Å². The fourth-order valence-electron chi connectivity index (χ4n) is 0.445. The Morgan fingerprint density at radius 2 is 1.80 bits per heavy atom. The fraction of sp³-hybridized carbons (Fsp3) is 0.556. The van der Waals surface area contributed by atoms with E-state index < -0.39 is 0 Å². The van der Waals surface area contributed by atoms with E-state index in [0.717, 1.165) is 23.8 Å². The van der Waals surface area contributed by atoms with Gasteiger partial charge in [-0.15, -0.1) is 13.2 Å². The zero-order valence-electron chi connectivity index (χ0n) is 6.99. The molecule has 0 atom stereocenters. The average Bonchev–Trinajstić information content (AvgIpc) is 1.89. The lowest BCUT2D eigenvalue weighted by molar-refractivity contribution is 0.592. The van der Waals surface area contributed by atoms with Crippen LogP contribution in [0.3, 0.4) is 0 Å². The van der Waals surface area contributed by atoms with Crippen LogP contribution >= 0.6 is 11.6 Å². The highest BCUT2D eigenvalue weighted by molar-refractivity contribution is 6.29. The summed E-state index contributed by atoms with van der Waals surface area (Å²) >= 11 is 5.53. The molecule has 0 unspecified atom stereocenters. The molecule has 0 N–H and O–H groups in total. The minimum Gasteiger partial charge on any atom is -0.106 e. The van der Waals surface area contributed by atoms with Crippen molar-refractivity contribution in [3.63, 3.8) is 0 Å². The van der Waals surface area contributed by atoms with E-state index in [4.69, 9.17) is 11.6 Å². The molecule has 10 heavy (non-hydrogen) atoms. The van der Waals surface area contributed by atoms with Crippen LogP contribution in [0.5, 0.6) is 0 Å². The molecule has 0 aliphatic heterocycles. The van der Waals surface area contributed by atoms with Gasteiger partial charge < -0.3 is 0 Å². The number of hydrogen-bond donors (Lipinski definition) is 0. The summed E-state index contributed by atoms with van der Waals surface area (Å²) in [5.74, 6) is 0.741. The largest absolute Gasteiger partial charge is 0.106 e. The maximum atomic E-state index is 5.53. The molecular formula is C9H17Cl. The van der Waals surface area contributed by atoms with Crippen molar-refractivity contribution in [3.8, 4) is 0 Å². The first-order valence-electron chi connectivity index (χ1n) is 3.46. The van der Waals surface area contributed by atoms with Crippen LogP contribution in [-0.4, -0.2) is 0 Å². The third kappa shape index (κ3) is 15.7. The van der Waals surface area contributed by atoms with Gasteiger partial charge in [0, 0.05) is 5.03 Å². The van der Waals surface area contributed by atoms with Gasteiger partial charge in [-0.05, 0) is 18.8 Å². The smallest absolute Gasteiger partial charge is 0.0109 e. The van der Waals surface area contributed by atoms with E-state index in [-0.39, 0.29) is 0 Å². The number of halogens is 1. The predicted molar refractivity (Wildman–Crippen MR) is 50.3 cm³/mol. The summed E-state index contributed by atoms with van der Waals surface area (Å²) in [6.45, 7) is 14.0. The van der Waals surface area contributed by atoms with Crippen molar-refractivity contribution in [2.24, 2.45) is 5.92 Å². The number of hydrogen-bond acceptors (Lipinski definition) is 0. The van der Waals surface area contributed by atoms with Crippen LogP contribution in [0.2, 0.25) is 0 Å². The molecule has 0 aromatic rings. The molecule has 0 aliphatic rings. The molecule has 0 aliphatic carbocycles. The van der Waals surface area contributed by atoms with Crippen molar-refractivity contribution in [1.29, 1.82) is 0 Å². The number of allylic oxidation sites excluding steroid dienone is 1. The normalized spacial score (nSPS) is 8.40. The highest BCUT2D eigenvalue weighted by Crippen LogP contribution is 2.11. The van der Waals surface area contributed by atoms with Crippen LogP contribution in [0, 0.1) is 5.92 Å². The molecule has 0 saturated carbocycles. The van der Waals surface area contributed by atoms with Crippen LogP contribution < -0.4 is 0 Å². The molecular weight excluding hydrogens is 144 g/mol. The Hall–Kier alpha value is -0.230. The van der Waals surface area contributed by atoms with E-state index in [1.54, 1.807) is 0 Å². The van der Waals surface area contributed by atoms with Crippen molar-refractivity contribution < 1.29 is 0 Å². The summed E-state index contributed by atoms with van der Waals surface area (Å²) < 4.78 is 0. The second-order valence-corrected chi connectivity index (χ2v) is 2.98. The van der Waals surface area contributed by atoms with Gasteiger partial charge in [0.2, 0.25) is 0 Å². The Morgan fingerprint density at radius 3 is 1.90 bits per heavy atom. The van der Waals surface area contributed by atoms with Gasteiger partial charge in [-0.25, -0.2) is 0 Å². The van der Waals surface area contributed by atoms with Crippen LogP contribution in [-0.2, 0) is 0 Å². The molecule has 0 bridgehead atoms. The van der Waals surface area contributed by atoms with Crippen LogP contribution in [0.15, 0.2) is 24.8 Å². The molecule has 1 heteroatoms. The highest BCUT2D eigenvalue weighted by atomic mass is 35.5. The summed E-state index contributed by atoms with van der Waals surface area (Å²) in [6, 6.07) is 0. The number of rotatable bonds is 3. The lowest BCUT2D eigenvalue weighted by Crippen LogP contribution is -1.84. The average molecular weight is 161 g/mol. The summed E-state index contributed by atoms with van der Waals surface area (Å²) in [4.78, 5) is 0. The first-order chi connectivity index (χ1) is 4.63. The Morgan fingerprint density at radius 1 is 1.40 bits per heavy atom. The van der Waals surface area contributed by atoms with Crippen molar-refractivity contribution >= 4 is 11.6 Å². The molecule has 0 saturated heterocycles. The van der Waals surface area contributed by atoms with Gasteiger partial charge in [0.05, 0.1) is 0 Å². The van der Waals surface area contributed by atoms with Gasteiger partial charge in [0.1, 0.15) is 0 Å². The van der Waals surface area contributed by atoms with Gasteiger partial charge in [-0.2, -0.15) is 0 Å². The molecule has 0 nitrogen and oxygen atoms in total. The lowest BCUT2D eigenvalue weighted by Gasteiger charge is -2.00. The Bertz CT molecular complexity index is 84.7. The van der Waals surface area contributed by atoms with E-state index in [2.05, 4.69) is 33.6 Å². The van der Waals surface area contributed by atoms with Crippen LogP contribution in [0.25, 0.3) is 0 Å². The van der Waals surface area contributed by atoms with E-state index in [1.165, 1.54) is 0 Å². The Labute approximate surface area is 69.6 Å². The van der Waals surface area contributed by atoms with Crippen molar-refractivity contribution in [1.82, 2.24) is 0 Å². The van der Waals surface area contributed by atoms with Gasteiger partial charge in [-0.1, -0.05) is 32.0 Å². The van der Waals surface area contributed by atoms with Gasteiger partial charge >= 0.3 is 0 Å². The summed E-state index contributed by atoms with van der Waals surface area (Å²) in [6.07, 6.45) is 2.11. The van der Waals surface area contributed by atoms with Gasteiger partial charge in [0.25, 0.3) is 0 Å². The zero-order chi connectivity index (χ0) is 8.57. The van der Waals surface area contributed by atoms with Gasteiger partial charge in [0.15, 0.2) is 0 Å². The molecule has 0 aromatic carbocycles. The summed E-state index contributed by atoms with van der Waals surface area (Å²) in [7, 11) is 0.